The van der Waals surface area contributed by atoms with Crippen LogP contribution in [0.1, 0.15) is 30.1 Å². The molecule has 0 aliphatic carbocycles. The molecule has 7 nitrogen and oxygen atoms in total. The van der Waals surface area contributed by atoms with E-state index in [1.54, 1.807) is 26.6 Å². The molecule has 1 atom stereocenters. The highest BCUT2D eigenvalue weighted by Crippen LogP contribution is 2.37. The largest absolute Gasteiger partial charge is 0.497 e. The third-order valence-corrected chi connectivity index (χ3v) is 5.40. The van der Waals surface area contributed by atoms with Crippen LogP contribution in [0, 0.1) is 0 Å². The molecule has 7 heteroatoms. The summed E-state index contributed by atoms with van der Waals surface area (Å²) in [5.74, 6) is 1.46. The Labute approximate surface area is 169 Å². The molecule has 0 bridgehead atoms. The number of carbonyl (C=O) groups is 1. The van der Waals surface area contributed by atoms with E-state index >= 15 is 0 Å². The number of ether oxygens (including phenoxy) is 2. The van der Waals surface area contributed by atoms with Crippen molar-refractivity contribution in [3.05, 3.63) is 60.2 Å². The van der Waals surface area contributed by atoms with E-state index in [0.717, 1.165) is 41.8 Å². The van der Waals surface area contributed by atoms with E-state index in [0.29, 0.717) is 11.5 Å². The molecule has 150 valence electrons. The monoisotopic (exact) mass is 392 g/mol. The average Bonchev–Trinajstić information content (AvgIpc) is 3.43. The lowest BCUT2D eigenvalue weighted by Gasteiger charge is -2.25. The van der Waals surface area contributed by atoms with Crippen molar-refractivity contribution in [3.63, 3.8) is 0 Å². The molecule has 0 saturated carbocycles. The van der Waals surface area contributed by atoms with Crippen molar-refractivity contribution < 1.29 is 14.3 Å². The van der Waals surface area contributed by atoms with E-state index in [4.69, 9.17) is 9.47 Å². The van der Waals surface area contributed by atoms with Crippen LogP contribution >= 0.6 is 0 Å². The number of hydrogen-bond acceptors (Lipinski definition) is 5. The predicted molar refractivity (Wildman–Crippen MR) is 109 cm³/mol. The predicted octanol–water partition coefficient (Wildman–Crippen LogP) is 3.40. The lowest BCUT2D eigenvalue weighted by molar-refractivity contribution is -0.131. The van der Waals surface area contributed by atoms with Crippen molar-refractivity contribution in [1.29, 1.82) is 0 Å². The number of nitrogens with one attached hydrogen (secondary N) is 1. The summed E-state index contributed by atoms with van der Waals surface area (Å²) in [4.78, 5) is 19.2. The molecular formula is C22H24N4O3. The van der Waals surface area contributed by atoms with E-state index in [1.165, 1.54) is 0 Å². The first-order valence-corrected chi connectivity index (χ1v) is 9.65. The van der Waals surface area contributed by atoms with Gasteiger partial charge in [-0.25, -0.2) is 0 Å². The zero-order chi connectivity index (χ0) is 20.2. The zero-order valence-electron chi connectivity index (χ0n) is 16.6. The fourth-order valence-corrected chi connectivity index (χ4v) is 3.96. The van der Waals surface area contributed by atoms with Crippen molar-refractivity contribution >= 4 is 5.91 Å². The molecule has 1 aromatic carbocycles. The molecule has 1 fully saturated rings. The van der Waals surface area contributed by atoms with Gasteiger partial charge in [-0.2, -0.15) is 5.10 Å². The van der Waals surface area contributed by atoms with E-state index in [-0.39, 0.29) is 18.4 Å². The van der Waals surface area contributed by atoms with Gasteiger partial charge in [0.15, 0.2) is 0 Å². The fraction of sp³-hybridized carbons (Fsp3) is 0.318. The maximum atomic E-state index is 13.2. The molecule has 1 saturated heterocycles. The van der Waals surface area contributed by atoms with Gasteiger partial charge >= 0.3 is 0 Å². The first kappa shape index (κ1) is 19.0. The van der Waals surface area contributed by atoms with Crippen LogP contribution in [-0.2, 0) is 11.2 Å². The standard InChI is InChI=1S/C22H24N4O3/c1-28-17-5-6-20(29-2)16(12-17)13-21(27)26-11-3-4-19(26)22-18(14-24-25-22)15-7-9-23-10-8-15/h5-10,12,14,19H,3-4,11,13H2,1-2H3,(H,24,25). The first-order valence-electron chi connectivity index (χ1n) is 9.65. The fourth-order valence-electron chi connectivity index (χ4n) is 3.96. The Balaban J connectivity index is 1.59. The number of aromatic nitrogens is 3. The molecule has 0 spiro atoms. The molecule has 1 amide bonds. The maximum absolute atomic E-state index is 13.2. The Morgan fingerprint density at radius 1 is 1.21 bits per heavy atom. The van der Waals surface area contributed by atoms with E-state index < -0.39 is 0 Å². The number of carbonyl (C=O) groups excluding carboxylic acids is 1. The minimum atomic E-state index is -0.0234. The summed E-state index contributed by atoms with van der Waals surface area (Å²) in [6.45, 7) is 0.727. The summed E-state index contributed by atoms with van der Waals surface area (Å²) in [5.41, 5.74) is 3.84. The third kappa shape index (κ3) is 3.81. The number of benzene rings is 1. The Morgan fingerprint density at radius 2 is 2.03 bits per heavy atom. The van der Waals surface area contributed by atoms with Crippen molar-refractivity contribution in [2.24, 2.45) is 0 Å². The summed E-state index contributed by atoms with van der Waals surface area (Å²) in [5, 5.41) is 7.38. The van der Waals surface area contributed by atoms with Gasteiger partial charge in [0.1, 0.15) is 11.5 Å². The van der Waals surface area contributed by atoms with Crippen LogP contribution in [0.25, 0.3) is 11.1 Å². The van der Waals surface area contributed by atoms with E-state index in [1.807, 2.05) is 41.4 Å². The highest BCUT2D eigenvalue weighted by atomic mass is 16.5. The number of methoxy groups -OCH3 is 2. The second-order valence-corrected chi connectivity index (χ2v) is 7.03. The molecule has 0 radical (unpaired) electrons. The van der Waals surface area contributed by atoms with Crippen LogP contribution in [0.3, 0.4) is 0 Å². The Bertz CT molecular complexity index is 987. The molecule has 2 aromatic heterocycles. The highest BCUT2D eigenvalue weighted by Gasteiger charge is 2.33. The maximum Gasteiger partial charge on any atom is 0.227 e. The van der Waals surface area contributed by atoms with Gasteiger partial charge in [-0.15, -0.1) is 0 Å². The van der Waals surface area contributed by atoms with Crippen molar-refractivity contribution in [1.82, 2.24) is 20.1 Å². The molecule has 1 N–H and O–H groups in total. The SMILES string of the molecule is COc1ccc(OC)c(CC(=O)N2CCCC2c2[nH]ncc2-c2ccncc2)c1. The zero-order valence-corrected chi connectivity index (χ0v) is 16.6. The number of nitrogens with zero attached hydrogens (tertiary/aromatic N) is 3. The van der Waals surface area contributed by atoms with Crippen LogP contribution in [0.5, 0.6) is 11.5 Å². The Kier molecular flexibility index (Phi) is 5.46. The highest BCUT2D eigenvalue weighted by molar-refractivity contribution is 5.81. The number of aromatic amines is 1. The normalized spacial score (nSPS) is 16.1. The number of H-pyrrole nitrogens is 1. The van der Waals surface area contributed by atoms with Gasteiger partial charge in [0.05, 0.1) is 38.6 Å². The molecule has 4 rings (SSSR count). The number of rotatable bonds is 6. The van der Waals surface area contributed by atoms with Gasteiger partial charge in [0.25, 0.3) is 0 Å². The summed E-state index contributed by atoms with van der Waals surface area (Å²) in [6, 6.07) is 9.41. The van der Waals surface area contributed by atoms with Gasteiger partial charge in [0, 0.05) is 30.1 Å². The number of amides is 1. The molecule has 3 heterocycles. The Morgan fingerprint density at radius 3 is 2.79 bits per heavy atom. The quantitative estimate of drug-likeness (QED) is 0.695. The second-order valence-electron chi connectivity index (χ2n) is 7.03. The smallest absolute Gasteiger partial charge is 0.227 e. The summed E-state index contributed by atoms with van der Waals surface area (Å²) in [6.07, 6.45) is 7.46. The van der Waals surface area contributed by atoms with Gasteiger partial charge in [-0.05, 0) is 48.7 Å². The van der Waals surface area contributed by atoms with Gasteiger partial charge in [0.2, 0.25) is 5.91 Å². The van der Waals surface area contributed by atoms with Crippen molar-refractivity contribution in [3.8, 4) is 22.6 Å². The lowest BCUT2D eigenvalue weighted by Crippen LogP contribution is -2.32. The topological polar surface area (TPSA) is 80.3 Å². The lowest BCUT2D eigenvalue weighted by atomic mass is 10.0. The van der Waals surface area contributed by atoms with Crippen LogP contribution in [0.2, 0.25) is 0 Å². The Hall–Kier alpha value is -3.35. The first-order chi connectivity index (χ1) is 14.2. The van der Waals surface area contributed by atoms with Crippen LogP contribution < -0.4 is 9.47 Å². The molecule has 1 aliphatic rings. The minimum absolute atomic E-state index is 0.0234. The summed E-state index contributed by atoms with van der Waals surface area (Å²) < 4.78 is 10.7. The van der Waals surface area contributed by atoms with E-state index in [2.05, 4.69) is 15.2 Å². The van der Waals surface area contributed by atoms with Gasteiger partial charge in [-0.3, -0.25) is 14.9 Å². The number of likely N-dealkylation sites (tertiary alicyclic amines) is 1. The molecular weight excluding hydrogens is 368 g/mol. The average molecular weight is 392 g/mol. The third-order valence-electron chi connectivity index (χ3n) is 5.40. The van der Waals surface area contributed by atoms with Crippen LogP contribution in [-0.4, -0.2) is 46.8 Å². The van der Waals surface area contributed by atoms with Gasteiger partial charge in [-0.1, -0.05) is 0 Å². The van der Waals surface area contributed by atoms with E-state index in [9.17, 15) is 4.79 Å². The molecule has 29 heavy (non-hydrogen) atoms. The van der Waals surface area contributed by atoms with Crippen LogP contribution in [0.15, 0.2) is 48.9 Å². The minimum Gasteiger partial charge on any atom is -0.497 e. The number of hydrogen-bond donors (Lipinski definition) is 1. The number of pyridine rings is 1. The van der Waals surface area contributed by atoms with Crippen molar-refractivity contribution in [2.75, 3.05) is 20.8 Å². The molecule has 3 aromatic rings. The second kappa shape index (κ2) is 8.34. The summed E-state index contributed by atoms with van der Waals surface area (Å²) >= 11 is 0. The van der Waals surface area contributed by atoms with Crippen molar-refractivity contribution in [2.45, 2.75) is 25.3 Å². The van der Waals surface area contributed by atoms with Gasteiger partial charge < -0.3 is 14.4 Å². The molecule has 1 unspecified atom stereocenters. The van der Waals surface area contributed by atoms with Crippen LogP contribution in [0.4, 0.5) is 0 Å². The summed E-state index contributed by atoms with van der Waals surface area (Å²) in [7, 11) is 3.23. The molecule has 1 aliphatic heterocycles.